The lowest BCUT2D eigenvalue weighted by atomic mass is 10.1. The molecule has 1 amide bonds. The maximum absolute atomic E-state index is 11.2. The number of nitrogens with one attached hydrogen (secondary N) is 2. The van der Waals surface area contributed by atoms with Crippen molar-refractivity contribution < 1.29 is 4.79 Å². The summed E-state index contributed by atoms with van der Waals surface area (Å²) in [6, 6.07) is 7.94. The lowest BCUT2D eigenvalue weighted by molar-refractivity contribution is -0.120. The van der Waals surface area contributed by atoms with Crippen molar-refractivity contribution in [3.63, 3.8) is 0 Å². The highest BCUT2D eigenvalue weighted by Gasteiger charge is 2.06. The lowest BCUT2D eigenvalue weighted by Crippen LogP contribution is -2.28. The molecule has 0 saturated carbocycles. The zero-order chi connectivity index (χ0) is 12.7. The number of carbonyl (C=O) groups excluding carboxylic acids is 1. The van der Waals surface area contributed by atoms with E-state index in [0.717, 1.165) is 10.6 Å². The molecule has 0 aliphatic heterocycles. The Morgan fingerprint density at radius 3 is 2.88 bits per heavy atom. The molecule has 0 heterocycles. The van der Waals surface area contributed by atoms with Crippen LogP contribution in [0.25, 0.3) is 0 Å². The Bertz CT molecular complexity index is 368. The van der Waals surface area contributed by atoms with Crippen LogP contribution in [0.2, 0.25) is 5.02 Å². The van der Waals surface area contributed by atoms with Gasteiger partial charge in [0.15, 0.2) is 0 Å². The third-order valence-corrected chi connectivity index (χ3v) is 2.76. The van der Waals surface area contributed by atoms with Gasteiger partial charge in [0.1, 0.15) is 0 Å². The van der Waals surface area contributed by atoms with Crippen molar-refractivity contribution in [2.75, 3.05) is 13.1 Å². The minimum Gasteiger partial charge on any atom is -0.356 e. The van der Waals surface area contributed by atoms with Crippen molar-refractivity contribution in [1.82, 2.24) is 10.6 Å². The van der Waals surface area contributed by atoms with Gasteiger partial charge in [-0.1, -0.05) is 23.7 Å². The SMILES string of the molecule is CCNC(=O)CCN[C@@H](C)c1cccc(Cl)c1. The summed E-state index contributed by atoms with van der Waals surface area (Å²) in [6.45, 7) is 5.32. The molecule has 1 aromatic carbocycles. The maximum Gasteiger partial charge on any atom is 0.221 e. The molecule has 0 unspecified atom stereocenters. The van der Waals surface area contributed by atoms with Crippen LogP contribution in [-0.2, 0) is 4.79 Å². The minimum atomic E-state index is 0.0818. The number of hydrogen-bond donors (Lipinski definition) is 2. The van der Waals surface area contributed by atoms with Crippen LogP contribution in [-0.4, -0.2) is 19.0 Å². The molecule has 0 spiro atoms. The maximum atomic E-state index is 11.2. The fourth-order valence-electron chi connectivity index (χ4n) is 1.58. The van der Waals surface area contributed by atoms with Gasteiger partial charge in [-0.3, -0.25) is 4.79 Å². The summed E-state index contributed by atoms with van der Waals surface area (Å²) in [4.78, 5) is 11.2. The van der Waals surface area contributed by atoms with Gasteiger partial charge in [0.05, 0.1) is 0 Å². The fourth-order valence-corrected chi connectivity index (χ4v) is 1.78. The molecule has 0 fully saturated rings. The normalized spacial score (nSPS) is 12.2. The van der Waals surface area contributed by atoms with Crippen molar-refractivity contribution in [2.45, 2.75) is 26.3 Å². The molecule has 4 heteroatoms. The van der Waals surface area contributed by atoms with Crippen LogP contribution in [0.5, 0.6) is 0 Å². The highest BCUT2D eigenvalue weighted by molar-refractivity contribution is 6.30. The van der Waals surface area contributed by atoms with Gasteiger partial charge in [0.2, 0.25) is 5.91 Å². The first-order chi connectivity index (χ1) is 8.13. The average Bonchev–Trinajstić information content (AvgIpc) is 2.29. The molecule has 1 rings (SSSR count). The standard InChI is InChI=1S/C13H19ClN2O/c1-3-15-13(17)7-8-16-10(2)11-5-4-6-12(14)9-11/h4-6,9-10,16H,3,7-8H2,1-2H3,(H,15,17)/t10-/m0/s1. The third-order valence-electron chi connectivity index (χ3n) is 2.53. The van der Waals surface area contributed by atoms with Gasteiger partial charge in [0.25, 0.3) is 0 Å². The van der Waals surface area contributed by atoms with E-state index in [4.69, 9.17) is 11.6 Å². The second-order valence-corrected chi connectivity index (χ2v) is 4.37. The van der Waals surface area contributed by atoms with Crippen LogP contribution in [0.4, 0.5) is 0 Å². The number of amides is 1. The Kier molecular flexibility index (Phi) is 6.01. The van der Waals surface area contributed by atoms with Gasteiger partial charge in [-0.05, 0) is 31.5 Å². The van der Waals surface area contributed by atoms with Crippen molar-refractivity contribution in [1.29, 1.82) is 0 Å². The molecule has 94 valence electrons. The Morgan fingerprint density at radius 1 is 1.47 bits per heavy atom. The van der Waals surface area contributed by atoms with E-state index in [-0.39, 0.29) is 11.9 Å². The molecular formula is C13H19ClN2O. The Morgan fingerprint density at radius 2 is 2.24 bits per heavy atom. The summed E-state index contributed by atoms with van der Waals surface area (Å²) in [5, 5.41) is 6.80. The van der Waals surface area contributed by atoms with E-state index >= 15 is 0 Å². The number of rotatable bonds is 6. The zero-order valence-corrected chi connectivity index (χ0v) is 11.1. The molecule has 0 aromatic heterocycles. The molecular weight excluding hydrogens is 236 g/mol. The average molecular weight is 255 g/mol. The number of halogens is 1. The van der Waals surface area contributed by atoms with Crippen molar-refractivity contribution in [3.05, 3.63) is 34.9 Å². The van der Waals surface area contributed by atoms with Gasteiger partial charge in [0, 0.05) is 30.6 Å². The molecule has 0 radical (unpaired) electrons. The second kappa shape index (κ2) is 7.30. The predicted molar refractivity (Wildman–Crippen MR) is 71.2 cm³/mol. The number of carbonyl (C=O) groups is 1. The van der Waals surface area contributed by atoms with Crippen LogP contribution >= 0.6 is 11.6 Å². The van der Waals surface area contributed by atoms with Crippen molar-refractivity contribution in [2.24, 2.45) is 0 Å². The third kappa shape index (κ3) is 5.20. The Labute approximate surface area is 108 Å². The largest absolute Gasteiger partial charge is 0.356 e. The molecule has 1 aromatic rings. The van der Waals surface area contributed by atoms with Crippen LogP contribution in [0.15, 0.2) is 24.3 Å². The summed E-state index contributed by atoms with van der Waals surface area (Å²) in [5.74, 6) is 0.0818. The van der Waals surface area contributed by atoms with Crippen LogP contribution in [0, 0.1) is 0 Å². The van der Waals surface area contributed by atoms with Crippen LogP contribution in [0.1, 0.15) is 31.9 Å². The van der Waals surface area contributed by atoms with Crippen LogP contribution < -0.4 is 10.6 Å². The summed E-state index contributed by atoms with van der Waals surface area (Å²) in [7, 11) is 0. The second-order valence-electron chi connectivity index (χ2n) is 3.93. The van der Waals surface area contributed by atoms with E-state index in [0.29, 0.717) is 19.5 Å². The molecule has 3 nitrogen and oxygen atoms in total. The molecule has 2 N–H and O–H groups in total. The number of benzene rings is 1. The van der Waals surface area contributed by atoms with Gasteiger partial charge >= 0.3 is 0 Å². The molecule has 0 saturated heterocycles. The monoisotopic (exact) mass is 254 g/mol. The van der Waals surface area contributed by atoms with Gasteiger partial charge < -0.3 is 10.6 Å². The smallest absolute Gasteiger partial charge is 0.221 e. The van der Waals surface area contributed by atoms with E-state index in [1.165, 1.54) is 0 Å². The van der Waals surface area contributed by atoms with E-state index in [1.807, 2.05) is 31.2 Å². The lowest BCUT2D eigenvalue weighted by Gasteiger charge is -2.14. The Hall–Kier alpha value is -1.06. The highest BCUT2D eigenvalue weighted by Crippen LogP contribution is 2.16. The topological polar surface area (TPSA) is 41.1 Å². The zero-order valence-electron chi connectivity index (χ0n) is 10.3. The van der Waals surface area contributed by atoms with Crippen molar-refractivity contribution >= 4 is 17.5 Å². The fraction of sp³-hybridized carbons (Fsp3) is 0.462. The highest BCUT2D eigenvalue weighted by atomic mass is 35.5. The van der Waals surface area contributed by atoms with Gasteiger partial charge in [-0.2, -0.15) is 0 Å². The Balaban J connectivity index is 2.35. The van der Waals surface area contributed by atoms with E-state index in [9.17, 15) is 4.79 Å². The predicted octanol–water partition coefficient (Wildman–Crippen LogP) is 2.52. The summed E-state index contributed by atoms with van der Waals surface area (Å²) < 4.78 is 0. The molecule has 0 aliphatic rings. The van der Waals surface area contributed by atoms with Crippen molar-refractivity contribution in [3.8, 4) is 0 Å². The van der Waals surface area contributed by atoms with Crippen LogP contribution in [0.3, 0.4) is 0 Å². The quantitative estimate of drug-likeness (QED) is 0.819. The van der Waals surface area contributed by atoms with E-state index in [2.05, 4.69) is 17.6 Å². The van der Waals surface area contributed by atoms with E-state index < -0.39 is 0 Å². The molecule has 0 bridgehead atoms. The first-order valence-corrected chi connectivity index (χ1v) is 6.26. The van der Waals surface area contributed by atoms with E-state index in [1.54, 1.807) is 0 Å². The molecule has 17 heavy (non-hydrogen) atoms. The summed E-state index contributed by atoms with van der Waals surface area (Å²) >= 11 is 5.92. The summed E-state index contributed by atoms with van der Waals surface area (Å²) in [6.07, 6.45) is 0.499. The molecule has 0 aliphatic carbocycles. The first-order valence-electron chi connectivity index (χ1n) is 5.89. The minimum absolute atomic E-state index is 0.0818. The molecule has 1 atom stereocenters. The number of hydrogen-bond acceptors (Lipinski definition) is 2. The first kappa shape index (κ1) is 14.0. The van der Waals surface area contributed by atoms with Gasteiger partial charge in [-0.15, -0.1) is 0 Å². The summed E-state index contributed by atoms with van der Waals surface area (Å²) in [5.41, 5.74) is 1.13. The van der Waals surface area contributed by atoms with Gasteiger partial charge in [-0.25, -0.2) is 0 Å².